The number of pyridine rings is 1. The van der Waals surface area contributed by atoms with Gasteiger partial charge in [-0.2, -0.15) is 0 Å². The average molecular weight is 381 g/mol. The lowest BCUT2D eigenvalue weighted by Gasteiger charge is -2.14. The highest BCUT2D eigenvalue weighted by Crippen LogP contribution is 2.34. The van der Waals surface area contributed by atoms with Gasteiger partial charge in [0, 0.05) is 37.1 Å². The molecule has 1 N–H and O–H groups in total. The maximum Gasteiger partial charge on any atom is 0.251 e. The van der Waals surface area contributed by atoms with E-state index in [0.29, 0.717) is 12.1 Å². The number of amides is 1. The summed E-state index contributed by atoms with van der Waals surface area (Å²) in [5.41, 5.74) is 7.71. The zero-order chi connectivity index (χ0) is 20.2. The molecule has 0 aliphatic carbocycles. The summed E-state index contributed by atoms with van der Waals surface area (Å²) < 4.78 is 0. The Morgan fingerprint density at radius 3 is 2.76 bits per heavy atom. The van der Waals surface area contributed by atoms with Gasteiger partial charge in [0.25, 0.3) is 5.91 Å². The maximum atomic E-state index is 12.4. The number of carbonyl (C=O) groups is 1. The van der Waals surface area contributed by atoms with Gasteiger partial charge in [-0.05, 0) is 78.4 Å². The van der Waals surface area contributed by atoms with E-state index in [4.69, 9.17) is 0 Å². The van der Waals surface area contributed by atoms with Crippen LogP contribution in [0.5, 0.6) is 0 Å². The van der Waals surface area contributed by atoms with Crippen LogP contribution in [0.25, 0.3) is 11.1 Å². The molecule has 1 aliphatic rings. The fourth-order valence-electron chi connectivity index (χ4n) is 3.69. The zero-order valence-electron chi connectivity index (χ0n) is 16.7. The molecule has 144 valence electrons. The van der Waals surface area contributed by atoms with Crippen molar-refractivity contribution in [3.05, 3.63) is 83.2 Å². The molecule has 0 saturated carbocycles. The van der Waals surface area contributed by atoms with E-state index >= 15 is 0 Å². The summed E-state index contributed by atoms with van der Waals surface area (Å²) in [6, 6.07) is 19.3. The van der Waals surface area contributed by atoms with Crippen LogP contribution in [-0.4, -0.2) is 17.4 Å². The molecule has 2 heterocycles. The van der Waals surface area contributed by atoms with Crippen LogP contribution in [0.15, 0.2) is 60.9 Å². The number of hydrogen-bond donors (Lipinski definition) is 1. The SMILES string of the molecule is CC#CN1CCc2cc(-c3ccc(C(=O)NCc4cccnc4)cc3)c(C)cc21. The van der Waals surface area contributed by atoms with Gasteiger partial charge in [0.15, 0.2) is 0 Å². The maximum absolute atomic E-state index is 12.4. The summed E-state index contributed by atoms with van der Waals surface area (Å²) >= 11 is 0. The highest BCUT2D eigenvalue weighted by atomic mass is 16.1. The Balaban J connectivity index is 1.51. The van der Waals surface area contributed by atoms with E-state index in [-0.39, 0.29) is 5.91 Å². The number of aryl methyl sites for hydroxylation is 1. The van der Waals surface area contributed by atoms with Gasteiger partial charge in [-0.3, -0.25) is 9.78 Å². The van der Waals surface area contributed by atoms with Gasteiger partial charge < -0.3 is 10.2 Å². The first-order valence-corrected chi connectivity index (χ1v) is 9.76. The van der Waals surface area contributed by atoms with E-state index in [1.807, 2.05) is 43.3 Å². The van der Waals surface area contributed by atoms with E-state index in [1.54, 1.807) is 12.4 Å². The Kier molecular flexibility index (Phi) is 5.31. The normalized spacial score (nSPS) is 12.1. The first-order chi connectivity index (χ1) is 14.2. The average Bonchev–Trinajstić information content (AvgIpc) is 3.14. The summed E-state index contributed by atoms with van der Waals surface area (Å²) in [5.74, 6) is 2.90. The Morgan fingerprint density at radius 2 is 2.03 bits per heavy atom. The first kappa shape index (κ1) is 18.8. The summed E-state index contributed by atoms with van der Waals surface area (Å²) in [4.78, 5) is 18.6. The van der Waals surface area contributed by atoms with Gasteiger partial charge in [0.05, 0.1) is 5.69 Å². The Bertz CT molecular complexity index is 1090. The lowest BCUT2D eigenvalue weighted by Crippen LogP contribution is -2.22. The van der Waals surface area contributed by atoms with Gasteiger partial charge in [0.1, 0.15) is 0 Å². The predicted molar refractivity (Wildman–Crippen MR) is 117 cm³/mol. The van der Waals surface area contributed by atoms with Crippen LogP contribution in [0, 0.1) is 18.9 Å². The molecule has 3 aromatic rings. The van der Waals surface area contributed by atoms with Crippen LogP contribution in [0.3, 0.4) is 0 Å². The third-order valence-corrected chi connectivity index (χ3v) is 5.20. The first-order valence-electron chi connectivity index (χ1n) is 9.76. The Labute approximate surface area is 171 Å². The third kappa shape index (κ3) is 4.00. The fourth-order valence-corrected chi connectivity index (χ4v) is 3.69. The Morgan fingerprint density at radius 1 is 1.21 bits per heavy atom. The van der Waals surface area contributed by atoms with Crippen molar-refractivity contribution in [2.24, 2.45) is 0 Å². The molecule has 0 unspecified atom stereocenters. The van der Waals surface area contributed by atoms with E-state index in [0.717, 1.165) is 24.1 Å². The highest BCUT2D eigenvalue weighted by Gasteiger charge is 2.19. The molecular formula is C25H23N3O. The molecule has 1 amide bonds. The molecule has 0 fully saturated rings. The number of carbonyl (C=O) groups excluding carboxylic acids is 1. The van der Waals surface area contributed by atoms with Gasteiger partial charge in [-0.1, -0.05) is 24.1 Å². The molecule has 0 saturated heterocycles. The van der Waals surface area contributed by atoms with Gasteiger partial charge in [-0.25, -0.2) is 0 Å². The smallest absolute Gasteiger partial charge is 0.251 e. The second-order valence-electron chi connectivity index (χ2n) is 7.18. The fraction of sp³-hybridized carbons (Fsp3) is 0.200. The molecule has 0 spiro atoms. The van der Waals surface area contributed by atoms with Crippen molar-refractivity contribution in [1.82, 2.24) is 10.3 Å². The van der Waals surface area contributed by atoms with Gasteiger partial charge >= 0.3 is 0 Å². The third-order valence-electron chi connectivity index (χ3n) is 5.20. The van der Waals surface area contributed by atoms with Crippen molar-refractivity contribution in [3.63, 3.8) is 0 Å². The van der Waals surface area contributed by atoms with Crippen LogP contribution in [0.4, 0.5) is 5.69 Å². The van der Waals surface area contributed by atoms with E-state index in [1.165, 1.54) is 22.4 Å². The molecule has 1 aromatic heterocycles. The minimum atomic E-state index is -0.0835. The number of fused-ring (bicyclic) bond motifs is 1. The Hall–Kier alpha value is -3.58. The molecule has 0 atom stereocenters. The largest absolute Gasteiger partial charge is 0.348 e. The summed E-state index contributed by atoms with van der Waals surface area (Å²) in [6.07, 6.45) is 4.49. The predicted octanol–water partition coefficient (Wildman–Crippen LogP) is 4.33. The molecule has 0 radical (unpaired) electrons. The molecule has 0 bridgehead atoms. The summed E-state index contributed by atoms with van der Waals surface area (Å²) in [7, 11) is 0. The van der Waals surface area contributed by atoms with Crippen molar-refractivity contribution >= 4 is 11.6 Å². The number of nitrogens with one attached hydrogen (secondary N) is 1. The number of aromatic nitrogens is 1. The van der Waals surface area contributed by atoms with Crippen molar-refractivity contribution in [3.8, 4) is 23.1 Å². The topological polar surface area (TPSA) is 45.2 Å². The highest BCUT2D eigenvalue weighted by molar-refractivity contribution is 5.94. The minimum Gasteiger partial charge on any atom is -0.348 e. The van der Waals surface area contributed by atoms with Crippen LogP contribution in [-0.2, 0) is 13.0 Å². The summed E-state index contributed by atoms with van der Waals surface area (Å²) in [5, 5.41) is 2.94. The minimum absolute atomic E-state index is 0.0835. The quantitative estimate of drug-likeness (QED) is 0.684. The molecule has 29 heavy (non-hydrogen) atoms. The number of rotatable bonds is 4. The molecule has 4 rings (SSSR count). The molecular weight excluding hydrogens is 358 g/mol. The molecule has 2 aromatic carbocycles. The van der Waals surface area contributed by atoms with Crippen molar-refractivity contribution in [1.29, 1.82) is 0 Å². The molecule has 4 heteroatoms. The van der Waals surface area contributed by atoms with Crippen LogP contribution in [0.2, 0.25) is 0 Å². The van der Waals surface area contributed by atoms with E-state index < -0.39 is 0 Å². The second-order valence-corrected chi connectivity index (χ2v) is 7.18. The van der Waals surface area contributed by atoms with E-state index in [2.05, 4.69) is 46.2 Å². The second kappa shape index (κ2) is 8.20. The molecule has 1 aliphatic heterocycles. The van der Waals surface area contributed by atoms with Gasteiger partial charge in [-0.15, -0.1) is 0 Å². The monoisotopic (exact) mass is 381 g/mol. The van der Waals surface area contributed by atoms with Crippen molar-refractivity contribution in [2.45, 2.75) is 26.8 Å². The van der Waals surface area contributed by atoms with E-state index in [9.17, 15) is 4.79 Å². The van der Waals surface area contributed by atoms with Crippen molar-refractivity contribution in [2.75, 3.05) is 11.4 Å². The van der Waals surface area contributed by atoms with Crippen LogP contribution in [0.1, 0.15) is 34.0 Å². The molecule has 4 nitrogen and oxygen atoms in total. The van der Waals surface area contributed by atoms with Crippen LogP contribution >= 0.6 is 0 Å². The van der Waals surface area contributed by atoms with Crippen molar-refractivity contribution < 1.29 is 4.79 Å². The standard InChI is InChI=1S/C25H23N3O/c1-3-12-28-13-10-22-15-23(18(2)14-24(22)28)20-6-8-21(9-7-20)25(29)27-17-19-5-4-11-26-16-19/h4-9,11,14-16H,10,13,17H2,1-2H3,(H,27,29). The van der Waals surface area contributed by atoms with Gasteiger partial charge in [0.2, 0.25) is 0 Å². The lowest BCUT2D eigenvalue weighted by molar-refractivity contribution is 0.0951. The number of hydrogen-bond acceptors (Lipinski definition) is 3. The number of nitrogens with zero attached hydrogens (tertiary/aromatic N) is 2. The number of anilines is 1. The lowest BCUT2D eigenvalue weighted by atomic mass is 9.96. The summed E-state index contributed by atoms with van der Waals surface area (Å²) in [6.45, 7) is 5.40. The van der Waals surface area contributed by atoms with Crippen LogP contribution < -0.4 is 10.2 Å². The zero-order valence-corrected chi connectivity index (χ0v) is 16.7. The number of benzene rings is 2.